The molecule has 0 saturated heterocycles. The normalized spacial score (nSPS) is 11.5. The number of aromatic nitrogens is 2. The van der Waals surface area contributed by atoms with E-state index in [-0.39, 0.29) is 12.0 Å². The van der Waals surface area contributed by atoms with Crippen LogP contribution >= 0.6 is 15.9 Å². The fourth-order valence-electron chi connectivity index (χ4n) is 1.01. The summed E-state index contributed by atoms with van der Waals surface area (Å²) in [6.45, 7) is 6.64. The number of halogens is 1. The van der Waals surface area contributed by atoms with Crippen molar-refractivity contribution in [1.29, 1.82) is 0 Å². The smallest absolute Gasteiger partial charge is 0.130 e. The Hall–Kier alpha value is -0.680. The van der Waals surface area contributed by atoms with Crippen LogP contribution in [0.2, 0.25) is 0 Å². The van der Waals surface area contributed by atoms with Gasteiger partial charge in [0, 0.05) is 24.6 Å². The van der Waals surface area contributed by atoms with Gasteiger partial charge >= 0.3 is 0 Å². The third kappa shape index (κ3) is 4.13. The van der Waals surface area contributed by atoms with E-state index < -0.39 is 0 Å². The van der Waals surface area contributed by atoms with E-state index in [0.29, 0.717) is 12.4 Å². The molecule has 4 nitrogen and oxygen atoms in total. The van der Waals surface area contributed by atoms with Crippen LogP contribution in [-0.4, -0.2) is 28.2 Å². The lowest BCUT2D eigenvalue weighted by Crippen LogP contribution is -2.27. The third-order valence-electron chi connectivity index (χ3n) is 1.98. The first kappa shape index (κ1) is 12.4. The second-order valence-electron chi connectivity index (χ2n) is 4.30. The quantitative estimate of drug-likeness (QED) is 0.824. The molecule has 5 heteroatoms. The molecule has 0 spiro atoms. The van der Waals surface area contributed by atoms with Crippen molar-refractivity contribution in [3.63, 3.8) is 0 Å². The van der Waals surface area contributed by atoms with E-state index in [9.17, 15) is 0 Å². The highest BCUT2D eigenvalue weighted by Gasteiger charge is 2.16. The lowest BCUT2D eigenvalue weighted by Gasteiger charge is -2.22. The molecule has 0 atom stereocenters. The predicted molar refractivity (Wildman–Crippen MR) is 63.8 cm³/mol. The number of nitrogens with zero attached hydrogens (tertiary/aromatic N) is 2. The summed E-state index contributed by atoms with van der Waals surface area (Å²) < 4.78 is 0.763. The fourth-order valence-corrected chi connectivity index (χ4v) is 1.48. The summed E-state index contributed by atoms with van der Waals surface area (Å²) >= 11 is 3.31. The Kier molecular flexibility index (Phi) is 4.04. The Morgan fingerprint density at radius 3 is 2.67 bits per heavy atom. The Balaban J connectivity index is 2.65. The molecule has 84 valence electrons. The molecule has 0 saturated carbocycles. The Morgan fingerprint density at radius 1 is 1.47 bits per heavy atom. The van der Waals surface area contributed by atoms with Crippen molar-refractivity contribution in [2.45, 2.75) is 20.8 Å². The van der Waals surface area contributed by atoms with Crippen LogP contribution in [0.5, 0.6) is 0 Å². The highest BCUT2D eigenvalue weighted by molar-refractivity contribution is 9.10. The second-order valence-corrected chi connectivity index (χ2v) is 5.11. The Morgan fingerprint density at radius 2 is 2.13 bits per heavy atom. The topological polar surface area (TPSA) is 58.0 Å². The van der Waals surface area contributed by atoms with Crippen molar-refractivity contribution < 1.29 is 5.11 Å². The highest BCUT2D eigenvalue weighted by atomic mass is 79.9. The minimum atomic E-state index is -0.147. The molecule has 0 amide bonds. The van der Waals surface area contributed by atoms with Gasteiger partial charge in [-0.25, -0.2) is 9.97 Å². The van der Waals surface area contributed by atoms with Gasteiger partial charge < -0.3 is 10.4 Å². The zero-order valence-corrected chi connectivity index (χ0v) is 10.8. The van der Waals surface area contributed by atoms with E-state index in [1.807, 2.05) is 26.8 Å². The first-order valence-corrected chi connectivity index (χ1v) is 5.58. The SMILES string of the molecule is Cc1nc(Br)cc(NCC(C)(C)CO)n1. The number of hydrogen-bond acceptors (Lipinski definition) is 4. The molecule has 0 aromatic carbocycles. The molecule has 0 fully saturated rings. The standard InChI is InChI=1S/C10H16BrN3O/c1-7-13-8(11)4-9(14-7)12-5-10(2,3)6-15/h4,15H,5-6H2,1-3H3,(H,12,13,14). The van der Waals surface area contributed by atoms with Gasteiger partial charge in [-0.3, -0.25) is 0 Å². The van der Waals surface area contributed by atoms with Crippen molar-refractivity contribution in [3.05, 3.63) is 16.5 Å². The molecule has 2 N–H and O–H groups in total. The van der Waals surface area contributed by atoms with Crippen LogP contribution in [0.1, 0.15) is 19.7 Å². The largest absolute Gasteiger partial charge is 0.396 e. The van der Waals surface area contributed by atoms with Crippen LogP contribution < -0.4 is 5.32 Å². The Labute approximate surface area is 98.3 Å². The maximum absolute atomic E-state index is 9.10. The molecule has 0 radical (unpaired) electrons. The summed E-state index contributed by atoms with van der Waals surface area (Å²) in [7, 11) is 0. The van der Waals surface area contributed by atoms with E-state index in [1.54, 1.807) is 0 Å². The first-order chi connectivity index (χ1) is 6.93. The maximum Gasteiger partial charge on any atom is 0.130 e. The van der Waals surface area contributed by atoms with Gasteiger partial charge in [-0.05, 0) is 22.9 Å². The zero-order valence-electron chi connectivity index (χ0n) is 9.21. The molecular formula is C10H16BrN3O. The van der Waals surface area contributed by atoms with Crippen LogP contribution in [0.3, 0.4) is 0 Å². The van der Waals surface area contributed by atoms with Gasteiger partial charge in [0.15, 0.2) is 0 Å². The number of aliphatic hydroxyl groups excluding tert-OH is 1. The molecular weight excluding hydrogens is 258 g/mol. The summed E-state index contributed by atoms with van der Waals surface area (Å²) in [6, 6.07) is 1.82. The summed E-state index contributed by atoms with van der Waals surface area (Å²) in [5.74, 6) is 1.49. The molecule has 0 aliphatic rings. The second kappa shape index (κ2) is 4.90. The van der Waals surface area contributed by atoms with Crippen LogP contribution in [0.4, 0.5) is 5.82 Å². The van der Waals surface area contributed by atoms with Gasteiger partial charge in [0.05, 0.1) is 0 Å². The lowest BCUT2D eigenvalue weighted by atomic mass is 9.95. The van der Waals surface area contributed by atoms with Crippen molar-refractivity contribution >= 4 is 21.7 Å². The molecule has 1 aromatic heterocycles. The lowest BCUT2D eigenvalue weighted by molar-refractivity contribution is 0.170. The van der Waals surface area contributed by atoms with Crippen molar-refractivity contribution in [1.82, 2.24) is 9.97 Å². The van der Waals surface area contributed by atoms with E-state index >= 15 is 0 Å². The summed E-state index contributed by atoms with van der Waals surface area (Å²) in [4.78, 5) is 8.35. The molecule has 1 aromatic rings. The summed E-state index contributed by atoms with van der Waals surface area (Å²) in [6.07, 6.45) is 0. The third-order valence-corrected chi connectivity index (χ3v) is 2.39. The van der Waals surface area contributed by atoms with Gasteiger partial charge in [-0.15, -0.1) is 0 Å². The van der Waals surface area contributed by atoms with Gasteiger partial charge in [0.25, 0.3) is 0 Å². The average molecular weight is 274 g/mol. The molecule has 0 aliphatic carbocycles. The minimum absolute atomic E-state index is 0.144. The number of anilines is 1. The van der Waals surface area contributed by atoms with E-state index in [2.05, 4.69) is 31.2 Å². The predicted octanol–water partition coefficient (Wildman–Crippen LogP) is 1.98. The van der Waals surface area contributed by atoms with Gasteiger partial charge in [-0.2, -0.15) is 0 Å². The van der Waals surface area contributed by atoms with Gasteiger partial charge in [0.1, 0.15) is 16.2 Å². The van der Waals surface area contributed by atoms with Crippen molar-refractivity contribution in [2.24, 2.45) is 5.41 Å². The molecule has 15 heavy (non-hydrogen) atoms. The van der Waals surface area contributed by atoms with Crippen LogP contribution in [0.15, 0.2) is 10.7 Å². The van der Waals surface area contributed by atoms with Crippen LogP contribution in [-0.2, 0) is 0 Å². The van der Waals surface area contributed by atoms with Gasteiger partial charge in [-0.1, -0.05) is 13.8 Å². The maximum atomic E-state index is 9.10. The monoisotopic (exact) mass is 273 g/mol. The number of aliphatic hydroxyl groups is 1. The fraction of sp³-hybridized carbons (Fsp3) is 0.600. The Bertz CT molecular complexity index is 321. The first-order valence-electron chi connectivity index (χ1n) is 4.79. The van der Waals surface area contributed by atoms with E-state index in [1.165, 1.54) is 0 Å². The minimum Gasteiger partial charge on any atom is -0.396 e. The van der Waals surface area contributed by atoms with Crippen LogP contribution in [0.25, 0.3) is 0 Å². The van der Waals surface area contributed by atoms with Crippen molar-refractivity contribution in [3.8, 4) is 0 Å². The number of rotatable bonds is 4. The highest BCUT2D eigenvalue weighted by Crippen LogP contribution is 2.16. The van der Waals surface area contributed by atoms with Gasteiger partial charge in [0.2, 0.25) is 0 Å². The molecule has 1 heterocycles. The average Bonchev–Trinajstić information content (AvgIpc) is 2.14. The summed E-state index contributed by atoms with van der Waals surface area (Å²) in [5.41, 5.74) is -0.147. The summed E-state index contributed by atoms with van der Waals surface area (Å²) in [5, 5.41) is 12.3. The van der Waals surface area contributed by atoms with E-state index in [0.717, 1.165) is 10.4 Å². The molecule has 0 unspecified atom stereocenters. The molecule has 0 bridgehead atoms. The van der Waals surface area contributed by atoms with E-state index in [4.69, 9.17) is 5.11 Å². The zero-order chi connectivity index (χ0) is 11.5. The number of hydrogen-bond donors (Lipinski definition) is 2. The molecule has 1 rings (SSSR count). The van der Waals surface area contributed by atoms with Crippen molar-refractivity contribution in [2.75, 3.05) is 18.5 Å². The van der Waals surface area contributed by atoms with Crippen LogP contribution in [0, 0.1) is 12.3 Å². The number of nitrogens with one attached hydrogen (secondary N) is 1. The number of aryl methyl sites for hydroxylation is 1. The molecule has 0 aliphatic heterocycles.